The minimum Gasteiger partial charge on any atom is -0.348 e. The number of hydrogen-bond donors (Lipinski definition) is 2. The molecule has 0 heterocycles. The van der Waals surface area contributed by atoms with Crippen LogP contribution in [0.2, 0.25) is 0 Å². The first-order valence-electron chi connectivity index (χ1n) is 5.76. The van der Waals surface area contributed by atoms with E-state index in [1.165, 1.54) is 6.92 Å². The molecule has 5 nitrogen and oxygen atoms in total. The first-order valence-corrected chi connectivity index (χ1v) is 5.76. The van der Waals surface area contributed by atoms with Gasteiger partial charge < -0.3 is 15.5 Å². The first-order chi connectivity index (χ1) is 8.49. The van der Waals surface area contributed by atoms with Crippen LogP contribution in [0.4, 0.5) is 5.69 Å². The number of nitrogens with zero attached hydrogens (tertiary/aromatic N) is 1. The van der Waals surface area contributed by atoms with Gasteiger partial charge >= 0.3 is 0 Å². The van der Waals surface area contributed by atoms with Crippen molar-refractivity contribution in [3.63, 3.8) is 0 Å². The predicted octanol–water partition coefficient (Wildman–Crippen LogP) is 0.823. The van der Waals surface area contributed by atoms with Gasteiger partial charge in [-0.1, -0.05) is 12.1 Å². The van der Waals surface area contributed by atoms with Gasteiger partial charge in [-0.2, -0.15) is 0 Å². The lowest BCUT2D eigenvalue weighted by Crippen LogP contribution is -2.32. The van der Waals surface area contributed by atoms with E-state index in [4.69, 9.17) is 0 Å². The minimum absolute atomic E-state index is 0.0462. The van der Waals surface area contributed by atoms with E-state index < -0.39 is 0 Å². The van der Waals surface area contributed by atoms with Crippen LogP contribution in [0.25, 0.3) is 0 Å². The zero-order chi connectivity index (χ0) is 13.5. The second kappa shape index (κ2) is 6.76. The summed E-state index contributed by atoms with van der Waals surface area (Å²) in [7, 11) is 3.46. The molecule has 0 atom stereocenters. The third-order valence-corrected chi connectivity index (χ3v) is 2.38. The Bertz CT molecular complexity index is 413. The van der Waals surface area contributed by atoms with Gasteiger partial charge in [0.2, 0.25) is 11.8 Å². The summed E-state index contributed by atoms with van der Waals surface area (Å²) in [6, 6.07) is 7.51. The van der Waals surface area contributed by atoms with E-state index in [0.29, 0.717) is 13.1 Å². The van der Waals surface area contributed by atoms with Gasteiger partial charge in [-0.05, 0) is 17.7 Å². The number of likely N-dealkylation sites (N-methyl/N-ethyl adjacent to an activating group) is 1. The van der Waals surface area contributed by atoms with E-state index in [0.717, 1.165) is 11.3 Å². The number of nitrogens with one attached hydrogen (secondary N) is 2. The number of carbonyl (C=O) groups excluding carboxylic acids is 2. The molecule has 0 bridgehead atoms. The monoisotopic (exact) mass is 249 g/mol. The number of amides is 2. The van der Waals surface area contributed by atoms with Crippen molar-refractivity contribution in [2.75, 3.05) is 26.0 Å². The van der Waals surface area contributed by atoms with E-state index >= 15 is 0 Å². The van der Waals surface area contributed by atoms with Crippen LogP contribution >= 0.6 is 0 Å². The van der Waals surface area contributed by atoms with Crippen LogP contribution in [-0.2, 0) is 16.1 Å². The Balaban J connectivity index is 2.39. The Hall–Kier alpha value is -1.88. The SMILES string of the molecule is CC(=O)Nc1ccc(CNCC(=O)N(C)C)cc1. The quantitative estimate of drug-likeness (QED) is 0.812. The number of hydrogen-bond acceptors (Lipinski definition) is 3. The third kappa shape index (κ3) is 4.97. The Morgan fingerprint density at radius 1 is 1.17 bits per heavy atom. The molecule has 0 aliphatic carbocycles. The lowest BCUT2D eigenvalue weighted by atomic mass is 10.2. The molecule has 0 radical (unpaired) electrons. The highest BCUT2D eigenvalue weighted by molar-refractivity contribution is 5.88. The van der Waals surface area contributed by atoms with Crippen molar-refractivity contribution < 1.29 is 9.59 Å². The standard InChI is InChI=1S/C13H19N3O2/c1-10(17)15-12-6-4-11(5-7-12)8-14-9-13(18)16(2)3/h4-7,14H,8-9H2,1-3H3,(H,15,17). The molecule has 18 heavy (non-hydrogen) atoms. The van der Waals surface area contributed by atoms with Gasteiger partial charge in [-0.3, -0.25) is 9.59 Å². The summed E-state index contributed by atoms with van der Waals surface area (Å²) in [4.78, 5) is 23.7. The number of rotatable bonds is 5. The smallest absolute Gasteiger partial charge is 0.236 e. The zero-order valence-corrected chi connectivity index (χ0v) is 11.0. The maximum absolute atomic E-state index is 11.3. The molecule has 1 aromatic rings. The largest absolute Gasteiger partial charge is 0.348 e. The van der Waals surface area contributed by atoms with Crippen molar-refractivity contribution >= 4 is 17.5 Å². The molecule has 2 N–H and O–H groups in total. The fraction of sp³-hybridized carbons (Fsp3) is 0.385. The van der Waals surface area contributed by atoms with Gasteiger partial charge in [-0.15, -0.1) is 0 Å². The molecule has 0 saturated carbocycles. The van der Waals surface area contributed by atoms with E-state index in [1.54, 1.807) is 19.0 Å². The van der Waals surface area contributed by atoms with Gasteiger partial charge in [0.1, 0.15) is 0 Å². The van der Waals surface area contributed by atoms with Gasteiger partial charge in [0.05, 0.1) is 6.54 Å². The normalized spacial score (nSPS) is 9.94. The van der Waals surface area contributed by atoms with Crippen molar-refractivity contribution in [3.05, 3.63) is 29.8 Å². The molecule has 0 aliphatic rings. The second-order valence-corrected chi connectivity index (χ2v) is 4.27. The zero-order valence-electron chi connectivity index (χ0n) is 11.0. The highest BCUT2D eigenvalue weighted by Gasteiger charge is 2.02. The van der Waals surface area contributed by atoms with Crippen LogP contribution in [-0.4, -0.2) is 37.4 Å². The first kappa shape index (κ1) is 14.2. The van der Waals surface area contributed by atoms with Crippen molar-refractivity contribution in [2.24, 2.45) is 0 Å². The lowest BCUT2D eigenvalue weighted by Gasteiger charge is -2.11. The molecular formula is C13H19N3O2. The van der Waals surface area contributed by atoms with Gasteiger partial charge in [0, 0.05) is 33.3 Å². The summed E-state index contributed by atoms with van der Waals surface area (Å²) in [6.45, 7) is 2.42. The molecule has 0 unspecified atom stereocenters. The van der Waals surface area contributed by atoms with Gasteiger partial charge in [0.25, 0.3) is 0 Å². The van der Waals surface area contributed by atoms with Crippen molar-refractivity contribution in [1.29, 1.82) is 0 Å². The minimum atomic E-state index is -0.0857. The Morgan fingerprint density at radius 3 is 2.28 bits per heavy atom. The number of carbonyl (C=O) groups is 2. The maximum atomic E-state index is 11.3. The highest BCUT2D eigenvalue weighted by atomic mass is 16.2. The molecule has 0 fully saturated rings. The Kier molecular flexibility index (Phi) is 5.32. The maximum Gasteiger partial charge on any atom is 0.236 e. The van der Waals surface area contributed by atoms with Crippen LogP contribution < -0.4 is 10.6 Å². The Morgan fingerprint density at radius 2 is 1.78 bits per heavy atom. The summed E-state index contributed by atoms with van der Waals surface area (Å²) >= 11 is 0. The van der Waals surface area contributed by atoms with Crippen LogP contribution in [0, 0.1) is 0 Å². The van der Waals surface area contributed by atoms with Crippen molar-refractivity contribution in [2.45, 2.75) is 13.5 Å². The van der Waals surface area contributed by atoms with E-state index in [-0.39, 0.29) is 11.8 Å². The number of anilines is 1. The number of benzene rings is 1. The van der Waals surface area contributed by atoms with Crippen LogP contribution in [0.15, 0.2) is 24.3 Å². The summed E-state index contributed by atoms with van der Waals surface area (Å²) in [5.41, 5.74) is 1.84. The average Bonchev–Trinajstić information content (AvgIpc) is 2.30. The predicted molar refractivity (Wildman–Crippen MR) is 71.1 cm³/mol. The molecule has 98 valence electrons. The lowest BCUT2D eigenvalue weighted by molar-refractivity contribution is -0.127. The molecule has 0 aromatic heterocycles. The summed E-state index contributed by atoms with van der Waals surface area (Å²) in [5, 5.41) is 5.77. The second-order valence-electron chi connectivity index (χ2n) is 4.27. The molecule has 1 aromatic carbocycles. The molecule has 2 amide bonds. The van der Waals surface area contributed by atoms with E-state index in [9.17, 15) is 9.59 Å². The van der Waals surface area contributed by atoms with E-state index in [2.05, 4.69) is 10.6 Å². The average molecular weight is 249 g/mol. The van der Waals surface area contributed by atoms with Crippen LogP contribution in [0.5, 0.6) is 0 Å². The molecule has 0 aliphatic heterocycles. The fourth-order valence-electron chi connectivity index (χ4n) is 1.38. The topological polar surface area (TPSA) is 61.4 Å². The van der Waals surface area contributed by atoms with Crippen LogP contribution in [0.1, 0.15) is 12.5 Å². The molecule has 5 heteroatoms. The summed E-state index contributed by atoms with van der Waals surface area (Å²) < 4.78 is 0. The van der Waals surface area contributed by atoms with Crippen molar-refractivity contribution in [3.8, 4) is 0 Å². The van der Waals surface area contributed by atoms with Crippen LogP contribution in [0.3, 0.4) is 0 Å². The molecule has 0 spiro atoms. The van der Waals surface area contributed by atoms with Gasteiger partial charge in [-0.25, -0.2) is 0 Å². The van der Waals surface area contributed by atoms with Crippen molar-refractivity contribution in [1.82, 2.24) is 10.2 Å². The highest BCUT2D eigenvalue weighted by Crippen LogP contribution is 2.09. The summed E-state index contributed by atoms with van der Waals surface area (Å²) in [5.74, 6) is -0.0395. The fourth-order valence-corrected chi connectivity index (χ4v) is 1.38. The summed E-state index contributed by atoms with van der Waals surface area (Å²) in [6.07, 6.45) is 0. The molecular weight excluding hydrogens is 230 g/mol. The van der Waals surface area contributed by atoms with Gasteiger partial charge in [0.15, 0.2) is 0 Å². The molecule has 0 saturated heterocycles. The third-order valence-electron chi connectivity index (χ3n) is 2.38. The van der Waals surface area contributed by atoms with E-state index in [1.807, 2.05) is 24.3 Å². The Labute approximate surface area is 107 Å². The molecule has 1 rings (SSSR count).